The van der Waals surface area contributed by atoms with Crippen LogP contribution in [-0.4, -0.2) is 54.9 Å². The van der Waals surface area contributed by atoms with E-state index in [-0.39, 0.29) is 23.9 Å². The minimum Gasteiger partial charge on any atom is -0.504 e. The van der Waals surface area contributed by atoms with E-state index in [2.05, 4.69) is 5.43 Å². The van der Waals surface area contributed by atoms with Gasteiger partial charge in [-0.15, -0.1) is 0 Å². The quantitative estimate of drug-likeness (QED) is 0.137. The SMILES string of the molecule is CC1(C)Oc2ccc(C[C@@]3(C)C(=O)OC(C)(C)N3N)cc2O1.C[C@@](Cc1ccc(O)c(O)c1)(NN)C(=O)O. The van der Waals surface area contributed by atoms with Crippen molar-refractivity contribution < 1.29 is 39.1 Å². The van der Waals surface area contributed by atoms with Crippen LogP contribution in [0, 0.1) is 0 Å². The molecule has 0 bridgehead atoms. The second-order valence-corrected chi connectivity index (χ2v) is 10.8. The molecule has 208 valence electrons. The summed E-state index contributed by atoms with van der Waals surface area (Å²) in [6.07, 6.45) is 0.523. The number of benzene rings is 2. The van der Waals surface area contributed by atoms with Crippen molar-refractivity contribution in [3.8, 4) is 23.0 Å². The predicted molar refractivity (Wildman–Crippen MR) is 137 cm³/mol. The van der Waals surface area contributed by atoms with E-state index >= 15 is 0 Å². The van der Waals surface area contributed by atoms with Crippen LogP contribution in [0.2, 0.25) is 0 Å². The molecule has 0 spiro atoms. The molecule has 2 atom stereocenters. The van der Waals surface area contributed by atoms with Crippen molar-refractivity contribution in [1.82, 2.24) is 10.4 Å². The minimum atomic E-state index is -1.32. The van der Waals surface area contributed by atoms with Gasteiger partial charge in [0, 0.05) is 26.7 Å². The molecule has 0 amide bonds. The summed E-state index contributed by atoms with van der Waals surface area (Å²) in [5, 5.41) is 28.8. The lowest BCUT2D eigenvalue weighted by Gasteiger charge is -2.32. The molecule has 0 radical (unpaired) electrons. The van der Waals surface area contributed by atoms with Gasteiger partial charge in [-0.05, 0) is 63.1 Å². The zero-order valence-corrected chi connectivity index (χ0v) is 22.4. The normalized spacial score (nSPS) is 22.7. The second-order valence-electron chi connectivity index (χ2n) is 10.8. The molecule has 12 heteroatoms. The highest BCUT2D eigenvalue weighted by molar-refractivity contribution is 5.83. The molecule has 0 saturated carbocycles. The molecule has 0 aliphatic carbocycles. The number of carbonyl (C=O) groups excluding carboxylic acids is 1. The fourth-order valence-corrected chi connectivity index (χ4v) is 4.29. The van der Waals surface area contributed by atoms with E-state index in [9.17, 15) is 14.7 Å². The van der Waals surface area contributed by atoms with Crippen molar-refractivity contribution in [2.45, 2.75) is 77.0 Å². The van der Waals surface area contributed by atoms with E-state index in [1.165, 1.54) is 30.1 Å². The molecule has 1 saturated heterocycles. The molecule has 2 aliphatic heterocycles. The molecular weight excluding hydrogens is 496 g/mol. The topological polar surface area (TPSA) is 190 Å². The number of aliphatic carboxylic acids is 1. The third-order valence-corrected chi connectivity index (χ3v) is 6.55. The number of cyclic esters (lactones) is 1. The molecule has 2 aromatic rings. The highest BCUT2D eigenvalue weighted by atomic mass is 16.7. The number of esters is 1. The van der Waals surface area contributed by atoms with Gasteiger partial charge < -0.3 is 29.5 Å². The Labute approximate surface area is 221 Å². The van der Waals surface area contributed by atoms with E-state index in [1.807, 2.05) is 32.0 Å². The van der Waals surface area contributed by atoms with Gasteiger partial charge in [-0.2, -0.15) is 5.01 Å². The maximum atomic E-state index is 12.3. The molecule has 12 nitrogen and oxygen atoms in total. The number of nitrogens with zero attached hydrogens (tertiary/aromatic N) is 1. The Kier molecular flexibility index (Phi) is 7.59. The van der Waals surface area contributed by atoms with Crippen molar-refractivity contribution in [2.75, 3.05) is 0 Å². The molecule has 0 unspecified atom stereocenters. The van der Waals surface area contributed by atoms with Gasteiger partial charge in [0.2, 0.25) is 5.79 Å². The molecule has 2 heterocycles. The zero-order valence-electron chi connectivity index (χ0n) is 22.4. The van der Waals surface area contributed by atoms with Crippen molar-refractivity contribution >= 4 is 11.9 Å². The number of rotatable bonds is 6. The molecule has 8 N–H and O–H groups in total. The van der Waals surface area contributed by atoms with Crippen LogP contribution >= 0.6 is 0 Å². The number of carboxylic acids is 1. The Balaban J connectivity index is 0.000000223. The lowest BCUT2D eigenvalue weighted by Crippen LogP contribution is -2.57. The van der Waals surface area contributed by atoms with Gasteiger partial charge in [0.15, 0.2) is 28.7 Å². The first-order valence-corrected chi connectivity index (χ1v) is 11.9. The Morgan fingerprint density at radius 2 is 1.58 bits per heavy atom. The second kappa shape index (κ2) is 9.95. The Morgan fingerprint density at radius 3 is 2.11 bits per heavy atom. The maximum absolute atomic E-state index is 12.3. The molecule has 38 heavy (non-hydrogen) atoms. The summed E-state index contributed by atoms with van der Waals surface area (Å²) in [7, 11) is 0. The van der Waals surface area contributed by atoms with Crippen LogP contribution in [0.3, 0.4) is 0 Å². The first kappa shape index (κ1) is 29.0. The number of fused-ring (bicyclic) bond motifs is 1. The van der Waals surface area contributed by atoms with Crippen LogP contribution in [0.25, 0.3) is 0 Å². The van der Waals surface area contributed by atoms with Crippen LogP contribution in [0.5, 0.6) is 23.0 Å². The summed E-state index contributed by atoms with van der Waals surface area (Å²) in [6, 6.07) is 9.78. The fourth-order valence-electron chi connectivity index (χ4n) is 4.29. The number of carbonyl (C=O) groups is 2. The number of nitrogens with one attached hydrogen (secondary N) is 1. The largest absolute Gasteiger partial charge is 0.504 e. The zero-order chi connectivity index (χ0) is 28.7. The average Bonchev–Trinajstić information content (AvgIpc) is 3.20. The maximum Gasteiger partial charge on any atom is 0.329 e. The van der Waals surface area contributed by atoms with Crippen LogP contribution in [0.15, 0.2) is 36.4 Å². The summed E-state index contributed by atoms with van der Waals surface area (Å²) in [5.74, 6) is 10.1. The molecular formula is C26H36N4O8. The molecule has 0 aromatic heterocycles. The highest BCUT2D eigenvalue weighted by Gasteiger charge is 2.55. The number of hydrogen-bond donors (Lipinski definition) is 6. The van der Waals surface area contributed by atoms with Gasteiger partial charge in [-0.25, -0.2) is 10.2 Å². The Hall–Kier alpha value is -3.58. The van der Waals surface area contributed by atoms with Gasteiger partial charge in [0.1, 0.15) is 11.1 Å². The lowest BCUT2D eigenvalue weighted by molar-refractivity contribution is -0.150. The first-order chi connectivity index (χ1) is 17.4. The third-order valence-electron chi connectivity index (χ3n) is 6.55. The van der Waals surface area contributed by atoms with Gasteiger partial charge in [0.05, 0.1) is 0 Å². The van der Waals surface area contributed by atoms with Crippen molar-refractivity contribution in [3.05, 3.63) is 47.5 Å². The van der Waals surface area contributed by atoms with E-state index in [0.29, 0.717) is 23.5 Å². The standard InChI is InChI=1S/C16H22N2O4.C10H14N2O4/c1-14(2)18(17)16(5,13(19)22-14)9-10-6-7-11-12(8-10)21-15(3,4)20-11;1-10(12-11,9(15)16)5-6-2-3-7(13)8(14)4-6/h6-8H,9,17H2,1-5H3;2-4,12-14H,5,11H2,1H3,(H,15,16)/t16-;10-/m00/s1. The fraction of sp³-hybridized carbons (Fsp3) is 0.462. The van der Waals surface area contributed by atoms with Gasteiger partial charge >= 0.3 is 11.9 Å². The van der Waals surface area contributed by atoms with Gasteiger partial charge in [-0.1, -0.05) is 12.1 Å². The number of phenolic OH excluding ortho intramolecular Hbond substituents is 2. The van der Waals surface area contributed by atoms with Crippen molar-refractivity contribution in [1.29, 1.82) is 0 Å². The Bertz CT molecular complexity index is 1230. The number of ether oxygens (including phenoxy) is 3. The summed E-state index contributed by atoms with van der Waals surface area (Å²) in [4.78, 5) is 23.2. The summed E-state index contributed by atoms with van der Waals surface area (Å²) >= 11 is 0. The number of aromatic hydroxyl groups is 2. The minimum absolute atomic E-state index is 0.0900. The number of nitrogens with two attached hydrogens (primary N) is 2. The molecule has 2 aliphatic rings. The van der Waals surface area contributed by atoms with Crippen molar-refractivity contribution in [2.24, 2.45) is 11.7 Å². The number of phenols is 2. The van der Waals surface area contributed by atoms with E-state index in [1.54, 1.807) is 20.8 Å². The summed E-state index contributed by atoms with van der Waals surface area (Å²) < 4.78 is 16.8. The van der Waals surface area contributed by atoms with E-state index in [4.69, 9.17) is 36.1 Å². The summed E-state index contributed by atoms with van der Waals surface area (Å²) in [5.41, 5.74) is 0.667. The number of hydrazine groups is 2. The highest BCUT2D eigenvalue weighted by Crippen LogP contribution is 2.41. The lowest BCUT2D eigenvalue weighted by atomic mass is 9.92. The van der Waals surface area contributed by atoms with Crippen LogP contribution < -0.4 is 26.6 Å². The van der Waals surface area contributed by atoms with Crippen molar-refractivity contribution in [3.63, 3.8) is 0 Å². The molecule has 4 rings (SSSR count). The van der Waals surface area contributed by atoms with Crippen LogP contribution in [-0.2, 0) is 27.2 Å². The molecule has 1 fully saturated rings. The average molecular weight is 533 g/mol. The molecule has 2 aromatic carbocycles. The van der Waals surface area contributed by atoms with Crippen LogP contribution in [0.4, 0.5) is 0 Å². The third kappa shape index (κ3) is 5.78. The van der Waals surface area contributed by atoms with Gasteiger partial charge in [0.25, 0.3) is 0 Å². The number of carboxylic acid groups (broad SMARTS) is 1. The smallest absolute Gasteiger partial charge is 0.329 e. The van der Waals surface area contributed by atoms with E-state index in [0.717, 1.165) is 5.56 Å². The first-order valence-electron chi connectivity index (χ1n) is 11.9. The van der Waals surface area contributed by atoms with Gasteiger partial charge in [-0.3, -0.25) is 16.5 Å². The Morgan fingerprint density at radius 1 is 0.974 bits per heavy atom. The van der Waals surface area contributed by atoms with E-state index < -0.39 is 28.6 Å². The summed E-state index contributed by atoms with van der Waals surface area (Å²) in [6.45, 7) is 10.5. The number of hydrogen-bond acceptors (Lipinski definition) is 11. The van der Waals surface area contributed by atoms with Crippen LogP contribution in [0.1, 0.15) is 52.7 Å². The predicted octanol–water partition coefficient (Wildman–Crippen LogP) is 1.91. The monoisotopic (exact) mass is 532 g/mol.